The van der Waals surface area contributed by atoms with Crippen LogP contribution in [0.2, 0.25) is 0 Å². The lowest BCUT2D eigenvalue weighted by molar-refractivity contribution is -0.150. The van der Waals surface area contributed by atoms with Crippen LogP contribution in [0.15, 0.2) is 41.4 Å². The maximum Gasteiger partial charge on any atom is 0.275 e. The average molecular weight is 475 g/mol. The van der Waals surface area contributed by atoms with Gasteiger partial charge in [0.25, 0.3) is 11.8 Å². The van der Waals surface area contributed by atoms with Gasteiger partial charge in [-0.25, -0.2) is 8.78 Å². The topological polar surface area (TPSA) is 96.4 Å². The highest BCUT2D eigenvalue weighted by atomic mass is 19.1. The van der Waals surface area contributed by atoms with Crippen LogP contribution in [0.4, 0.5) is 8.78 Å². The Morgan fingerprint density at radius 2 is 2.00 bits per heavy atom. The third kappa shape index (κ3) is 4.05. The number of rotatable bonds is 5. The second kappa shape index (κ2) is 8.66. The van der Waals surface area contributed by atoms with Gasteiger partial charge in [-0.05, 0) is 38.2 Å². The summed E-state index contributed by atoms with van der Waals surface area (Å²) in [5.74, 6) is -2.55. The third-order valence-electron chi connectivity index (χ3n) is 7.13. The molecule has 1 unspecified atom stereocenters. The zero-order valence-corrected chi connectivity index (χ0v) is 18.9. The molecule has 1 saturated carbocycles. The Balaban J connectivity index is 1.37. The first kappa shape index (κ1) is 22.8. The first-order valence-corrected chi connectivity index (χ1v) is 11.6. The van der Waals surface area contributed by atoms with Crippen molar-refractivity contribution in [3.05, 3.63) is 58.6 Å². The van der Waals surface area contributed by atoms with Crippen LogP contribution < -0.4 is 5.32 Å². The molecule has 3 heterocycles. The molecule has 3 fully saturated rings. The van der Waals surface area contributed by atoms with E-state index >= 15 is 0 Å². The summed E-state index contributed by atoms with van der Waals surface area (Å²) < 4.78 is 27.0. The number of carbonyl (C=O) groups is 2. The number of aliphatic hydroxyl groups is 2. The highest BCUT2D eigenvalue weighted by Gasteiger charge is 2.48. The van der Waals surface area contributed by atoms with Crippen LogP contribution in [0.1, 0.15) is 31.7 Å². The van der Waals surface area contributed by atoms with Crippen LogP contribution >= 0.6 is 0 Å². The second-order valence-corrected chi connectivity index (χ2v) is 9.56. The standard InChI is InChI=1S/C24H28F2N4O4/c1-13-6-7-28(10-14-2-3-14)19-12-29-11-17(21(31)22(32)20(29)24(34)30(13)19)23(33)27-9-15-4-5-16(25)8-18(15)26/h4-5,8,11,13-14,19,21,31-32H,2-3,6-7,9-10,12H2,1H3,(H,27,33)/t13-,19-,21?/m0/s1. The number of piperazine rings is 1. The van der Waals surface area contributed by atoms with Gasteiger partial charge < -0.3 is 25.3 Å². The van der Waals surface area contributed by atoms with Gasteiger partial charge in [-0.1, -0.05) is 6.07 Å². The number of amides is 2. The predicted octanol–water partition coefficient (Wildman–Crippen LogP) is 1.58. The molecular weight excluding hydrogens is 446 g/mol. The number of fused-ring (bicyclic) bond motifs is 2. The fraction of sp³-hybridized carbons (Fsp3) is 0.500. The normalized spacial score (nSPS) is 27.4. The fourth-order valence-corrected chi connectivity index (χ4v) is 5.02. The average Bonchev–Trinajstić information content (AvgIpc) is 3.61. The number of benzene rings is 1. The molecule has 3 N–H and O–H groups in total. The van der Waals surface area contributed by atoms with Crippen molar-refractivity contribution in [3.63, 3.8) is 0 Å². The molecule has 10 heteroatoms. The SMILES string of the molecule is C[C@H]1CCN(CC2CC2)[C@@H]2CN3C=C(C(=O)NCc4ccc(F)cc4F)C(O)C(O)=C3C(=O)N12. The summed E-state index contributed by atoms with van der Waals surface area (Å²) in [6.07, 6.45) is 2.71. The van der Waals surface area contributed by atoms with Crippen LogP contribution in [0.5, 0.6) is 0 Å². The fourth-order valence-electron chi connectivity index (χ4n) is 5.02. The molecule has 3 atom stereocenters. The van der Waals surface area contributed by atoms with E-state index in [4.69, 9.17) is 0 Å². The molecule has 2 saturated heterocycles. The van der Waals surface area contributed by atoms with Crippen molar-refractivity contribution in [2.24, 2.45) is 5.92 Å². The Morgan fingerprint density at radius 3 is 2.71 bits per heavy atom. The highest BCUT2D eigenvalue weighted by Crippen LogP contribution is 2.37. The number of nitrogens with zero attached hydrogens (tertiary/aromatic N) is 3. The minimum absolute atomic E-state index is 0.00757. The van der Waals surface area contributed by atoms with E-state index in [-0.39, 0.29) is 41.5 Å². The molecule has 34 heavy (non-hydrogen) atoms. The van der Waals surface area contributed by atoms with Crippen LogP contribution in [-0.2, 0) is 16.1 Å². The summed E-state index contributed by atoms with van der Waals surface area (Å²) in [6.45, 7) is 3.89. The minimum atomic E-state index is -1.69. The summed E-state index contributed by atoms with van der Waals surface area (Å²) in [7, 11) is 0. The first-order chi connectivity index (χ1) is 16.2. The smallest absolute Gasteiger partial charge is 0.275 e. The molecule has 2 amide bonds. The zero-order chi connectivity index (χ0) is 24.1. The molecule has 8 nitrogen and oxygen atoms in total. The third-order valence-corrected chi connectivity index (χ3v) is 7.13. The molecule has 182 valence electrons. The summed E-state index contributed by atoms with van der Waals surface area (Å²) in [4.78, 5) is 31.8. The van der Waals surface area contributed by atoms with Gasteiger partial charge in [0, 0.05) is 43.5 Å². The zero-order valence-electron chi connectivity index (χ0n) is 18.9. The summed E-state index contributed by atoms with van der Waals surface area (Å²) in [5.41, 5.74) is -0.0931. The number of hydrogen-bond donors (Lipinski definition) is 3. The number of hydrogen-bond acceptors (Lipinski definition) is 6. The highest BCUT2D eigenvalue weighted by molar-refractivity contribution is 5.99. The summed E-state index contributed by atoms with van der Waals surface area (Å²) in [5, 5.41) is 23.8. The van der Waals surface area contributed by atoms with Gasteiger partial charge in [0.2, 0.25) is 0 Å². The van der Waals surface area contributed by atoms with Crippen molar-refractivity contribution in [2.45, 2.75) is 51.0 Å². The van der Waals surface area contributed by atoms with E-state index in [0.717, 1.165) is 31.6 Å². The Kier molecular flexibility index (Phi) is 5.81. The molecule has 3 aliphatic heterocycles. The van der Waals surface area contributed by atoms with Crippen molar-refractivity contribution in [1.29, 1.82) is 0 Å². The van der Waals surface area contributed by atoms with Crippen molar-refractivity contribution < 1.29 is 28.6 Å². The lowest BCUT2D eigenvalue weighted by Crippen LogP contribution is -2.67. The lowest BCUT2D eigenvalue weighted by atomic mass is 9.96. The van der Waals surface area contributed by atoms with Gasteiger partial charge in [0.1, 0.15) is 29.6 Å². The van der Waals surface area contributed by atoms with Gasteiger partial charge >= 0.3 is 0 Å². The van der Waals surface area contributed by atoms with E-state index in [2.05, 4.69) is 10.2 Å². The van der Waals surface area contributed by atoms with Crippen molar-refractivity contribution in [1.82, 2.24) is 20.0 Å². The van der Waals surface area contributed by atoms with E-state index in [1.54, 1.807) is 4.90 Å². The van der Waals surface area contributed by atoms with Gasteiger partial charge in [-0.15, -0.1) is 0 Å². The molecule has 1 aliphatic carbocycles. The van der Waals surface area contributed by atoms with E-state index in [9.17, 15) is 28.6 Å². The number of carbonyl (C=O) groups excluding carboxylic acids is 2. The van der Waals surface area contributed by atoms with Gasteiger partial charge in [0.05, 0.1) is 12.1 Å². The number of aliphatic hydroxyl groups excluding tert-OH is 2. The molecule has 1 aromatic carbocycles. The van der Waals surface area contributed by atoms with Gasteiger partial charge in [0.15, 0.2) is 5.76 Å². The van der Waals surface area contributed by atoms with E-state index < -0.39 is 29.4 Å². The summed E-state index contributed by atoms with van der Waals surface area (Å²) >= 11 is 0. The largest absolute Gasteiger partial charge is 0.507 e. The maximum atomic E-state index is 13.9. The van der Waals surface area contributed by atoms with Crippen molar-refractivity contribution in [3.8, 4) is 0 Å². The molecule has 5 rings (SSSR count). The molecule has 1 aromatic rings. The van der Waals surface area contributed by atoms with Gasteiger partial charge in [-0.3, -0.25) is 14.5 Å². The Labute approximate surface area is 196 Å². The molecule has 0 spiro atoms. The Morgan fingerprint density at radius 1 is 1.24 bits per heavy atom. The van der Waals surface area contributed by atoms with E-state index in [1.807, 2.05) is 6.92 Å². The van der Waals surface area contributed by atoms with Crippen LogP contribution in [-0.4, -0.2) is 74.7 Å². The summed E-state index contributed by atoms with van der Waals surface area (Å²) in [6, 6.07) is 3.03. The van der Waals surface area contributed by atoms with Crippen molar-refractivity contribution >= 4 is 11.8 Å². The van der Waals surface area contributed by atoms with Crippen LogP contribution in [0.25, 0.3) is 0 Å². The number of halogens is 2. The maximum absolute atomic E-state index is 13.9. The molecule has 4 aliphatic rings. The number of nitrogens with one attached hydrogen (secondary N) is 1. The Hall–Kier alpha value is -2.98. The van der Waals surface area contributed by atoms with Crippen LogP contribution in [0, 0.1) is 17.6 Å². The monoisotopic (exact) mass is 474 g/mol. The van der Waals surface area contributed by atoms with E-state index in [0.29, 0.717) is 12.5 Å². The molecule has 0 aromatic heterocycles. The van der Waals surface area contributed by atoms with Crippen molar-refractivity contribution in [2.75, 3.05) is 19.6 Å². The van der Waals surface area contributed by atoms with E-state index in [1.165, 1.54) is 30.0 Å². The second-order valence-electron chi connectivity index (χ2n) is 9.56. The molecule has 0 radical (unpaired) electrons. The van der Waals surface area contributed by atoms with Crippen LogP contribution in [0.3, 0.4) is 0 Å². The quantitative estimate of drug-likeness (QED) is 0.600. The lowest BCUT2D eigenvalue weighted by Gasteiger charge is -2.53. The predicted molar refractivity (Wildman–Crippen MR) is 118 cm³/mol. The minimum Gasteiger partial charge on any atom is -0.507 e. The molecule has 0 bridgehead atoms. The Bertz CT molecular complexity index is 1090. The molecular formula is C24H28F2N4O4. The first-order valence-electron chi connectivity index (χ1n) is 11.6. The van der Waals surface area contributed by atoms with Gasteiger partial charge in [-0.2, -0.15) is 0 Å².